The van der Waals surface area contributed by atoms with Crippen LogP contribution < -0.4 is 4.74 Å². The summed E-state index contributed by atoms with van der Waals surface area (Å²) in [6, 6.07) is 6.19. The van der Waals surface area contributed by atoms with E-state index in [0.29, 0.717) is 18.1 Å². The zero-order valence-corrected chi connectivity index (χ0v) is 13.2. The molecule has 2 rings (SSSR count). The summed E-state index contributed by atoms with van der Waals surface area (Å²) in [6.45, 7) is 3.51. The number of unbranched alkanes of at least 4 members (excludes halogenated alkanes) is 1. The largest absolute Gasteiger partial charge is 0.492 e. The molecule has 0 radical (unpaired) electrons. The molecule has 0 N–H and O–H groups in total. The molecule has 0 aliphatic rings. The molecule has 22 heavy (non-hydrogen) atoms. The first-order valence-electron chi connectivity index (χ1n) is 7.08. The Morgan fingerprint density at radius 3 is 3.09 bits per heavy atom. The number of rotatable bonds is 9. The zero-order valence-electron chi connectivity index (χ0n) is 12.3. The van der Waals surface area contributed by atoms with Crippen LogP contribution >= 0.6 is 11.8 Å². The molecule has 1 aromatic heterocycles. The molecule has 0 amide bonds. The van der Waals surface area contributed by atoms with Gasteiger partial charge >= 0.3 is 0 Å². The summed E-state index contributed by atoms with van der Waals surface area (Å²) >= 11 is 1.56. The number of hydrogen-bond donors (Lipinski definition) is 0. The standard InChI is InChI=1S/C14H18N4O3S/c1-2-3-7-17-11-15-16-14(17)22-9-8-21-13-6-4-5-12(10-13)18(19)20/h4-6,10-11H,2-3,7-9H2,1H3. The number of aryl methyl sites for hydroxylation is 1. The number of aromatic nitrogens is 3. The Morgan fingerprint density at radius 2 is 2.32 bits per heavy atom. The number of benzene rings is 1. The van der Waals surface area contributed by atoms with E-state index < -0.39 is 4.92 Å². The van der Waals surface area contributed by atoms with Crippen LogP contribution in [0.4, 0.5) is 5.69 Å². The monoisotopic (exact) mass is 322 g/mol. The molecule has 0 spiro atoms. The molecule has 8 heteroatoms. The van der Waals surface area contributed by atoms with E-state index in [4.69, 9.17) is 4.74 Å². The second-order valence-corrected chi connectivity index (χ2v) is 5.67. The van der Waals surface area contributed by atoms with Gasteiger partial charge in [0.15, 0.2) is 5.16 Å². The number of hydrogen-bond acceptors (Lipinski definition) is 6. The quantitative estimate of drug-likeness (QED) is 0.305. The van der Waals surface area contributed by atoms with Crippen molar-refractivity contribution >= 4 is 17.4 Å². The van der Waals surface area contributed by atoms with Gasteiger partial charge in [-0.1, -0.05) is 31.2 Å². The number of ether oxygens (including phenoxy) is 1. The van der Waals surface area contributed by atoms with Crippen molar-refractivity contribution in [1.82, 2.24) is 14.8 Å². The molecule has 0 saturated carbocycles. The SMILES string of the molecule is CCCCn1cnnc1SCCOc1cccc([N+](=O)[O-])c1. The average Bonchev–Trinajstić information content (AvgIpc) is 2.97. The van der Waals surface area contributed by atoms with Crippen LogP contribution in [0.15, 0.2) is 35.7 Å². The van der Waals surface area contributed by atoms with Crippen molar-refractivity contribution in [2.75, 3.05) is 12.4 Å². The Kier molecular flexibility index (Phi) is 6.20. The van der Waals surface area contributed by atoms with Crippen molar-refractivity contribution in [1.29, 1.82) is 0 Å². The van der Waals surface area contributed by atoms with Crippen LogP contribution in [0, 0.1) is 10.1 Å². The molecule has 118 valence electrons. The zero-order chi connectivity index (χ0) is 15.8. The third-order valence-electron chi connectivity index (χ3n) is 2.94. The van der Waals surface area contributed by atoms with Crippen molar-refractivity contribution < 1.29 is 9.66 Å². The molecular weight excluding hydrogens is 304 g/mol. The Balaban J connectivity index is 1.79. The molecule has 0 aliphatic carbocycles. The van der Waals surface area contributed by atoms with Gasteiger partial charge in [0.05, 0.1) is 17.6 Å². The number of thioether (sulfide) groups is 1. The summed E-state index contributed by atoms with van der Waals surface area (Å²) in [5.41, 5.74) is 0.0319. The van der Waals surface area contributed by atoms with Crippen LogP contribution in [0.2, 0.25) is 0 Å². The van der Waals surface area contributed by atoms with Crippen LogP contribution in [0.5, 0.6) is 5.75 Å². The number of nitro benzene ring substituents is 1. The van der Waals surface area contributed by atoms with E-state index in [-0.39, 0.29) is 5.69 Å². The average molecular weight is 322 g/mol. The third kappa shape index (κ3) is 4.73. The van der Waals surface area contributed by atoms with Gasteiger partial charge in [0.25, 0.3) is 5.69 Å². The molecule has 0 unspecified atom stereocenters. The second kappa shape index (κ2) is 8.38. The van der Waals surface area contributed by atoms with E-state index in [0.717, 1.165) is 24.5 Å². The lowest BCUT2D eigenvalue weighted by Crippen LogP contribution is -2.03. The van der Waals surface area contributed by atoms with Crippen LogP contribution in [-0.2, 0) is 6.54 Å². The maximum Gasteiger partial charge on any atom is 0.273 e. The predicted octanol–water partition coefficient (Wildman–Crippen LogP) is 3.16. The minimum absolute atomic E-state index is 0.0319. The Labute approximate surface area is 132 Å². The molecule has 0 bridgehead atoms. The fourth-order valence-corrected chi connectivity index (χ4v) is 2.58. The highest BCUT2D eigenvalue weighted by Gasteiger charge is 2.07. The van der Waals surface area contributed by atoms with Gasteiger partial charge in [0.1, 0.15) is 12.1 Å². The van der Waals surface area contributed by atoms with Crippen LogP contribution in [0.1, 0.15) is 19.8 Å². The minimum Gasteiger partial charge on any atom is -0.492 e. The van der Waals surface area contributed by atoms with Crippen molar-refractivity contribution in [3.8, 4) is 5.75 Å². The first kappa shape index (κ1) is 16.3. The van der Waals surface area contributed by atoms with Crippen molar-refractivity contribution in [3.05, 3.63) is 40.7 Å². The second-order valence-electron chi connectivity index (χ2n) is 4.61. The van der Waals surface area contributed by atoms with Gasteiger partial charge in [-0.25, -0.2) is 0 Å². The fourth-order valence-electron chi connectivity index (χ4n) is 1.82. The summed E-state index contributed by atoms with van der Waals surface area (Å²) in [7, 11) is 0. The molecular formula is C14H18N4O3S. The van der Waals surface area contributed by atoms with Gasteiger partial charge in [-0.3, -0.25) is 10.1 Å². The van der Waals surface area contributed by atoms with Gasteiger partial charge < -0.3 is 9.30 Å². The summed E-state index contributed by atoms with van der Waals surface area (Å²) in [5.74, 6) is 1.20. The highest BCUT2D eigenvalue weighted by molar-refractivity contribution is 7.99. The van der Waals surface area contributed by atoms with Crippen molar-refractivity contribution in [2.24, 2.45) is 0 Å². The van der Waals surface area contributed by atoms with E-state index in [9.17, 15) is 10.1 Å². The molecule has 2 aromatic rings. The molecule has 7 nitrogen and oxygen atoms in total. The van der Waals surface area contributed by atoms with Crippen LogP contribution in [-0.4, -0.2) is 32.0 Å². The normalized spacial score (nSPS) is 10.6. The first-order valence-corrected chi connectivity index (χ1v) is 8.07. The number of nitro groups is 1. The maximum absolute atomic E-state index is 10.7. The fraction of sp³-hybridized carbons (Fsp3) is 0.429. The van der Waals surface area contributed by atoms with Gasteiger partial charge in [-0.2, -0.15) is 0 Å². The smallest absolute Gasteiger partial charge is 0.273 e. The molecule has 0 saturated heterocycles. The van der Waals surface area contributed by atoms with E-state index in [2.05, 4.69) is 17.1 Å². The van der Waals surface area contributed by atoms with Gasteiger partial charge in [0.2, 0.25) is 0 Å². The van der Waals surface area contributed by atoms with Crippen LogP contribution in [0.3, 0.4) is 0 Å². The summed E-state index contributed by atoms with van der Waals surface area (Å²) < 4.78 is 7.56. The highest BCUT2D eigenvalue weighted by atomic mass is 32.2. The lowest BCUT2D eigenvalue weighted by atomic mass is 10.3. The predicted molar refractivity (Wildman–Crippen MR) is 84.2 cm³/mol. The number of nitrogens with zero attached hydrogens (tertiary/aromatic N) is 4. The summed E-state index contributed by atoms with van der Waals surface area (Å²) in [4.78, 5) is 10.3. The van der Waals surface area contributed by atoms with Gasteiger partial charge in [-0.05, 0) is 12.5 Å². The van der Waals surface area contributed by atoms with Gasteiger partial charge in [-0.15, -0.1) is 10.2 Å². The van der Waals surface area contributed by atoms with E-state index in [1.165, 1.54) is 12.1 Å². The van der Waals surface area contributed by atoms with Crippen molar-refractivity contribution in [2.45, 2.75) is 31.5 Å². The highest BCUT2D eigenvalue weighted by Crippen LogP contribution is 2.20. The van der Waals surface area contributed by atoms with E-state index in [1.54, 1.807) is 30.2 Å². The first-order chi connectivity index (χ1) is 10.7. The summed E-state index contributed by atoms with van der Waals surface area (Å²) in [6.07, 6.45) is 3.95. The molecule has 1 heterocycles. The molecule has 0 atom stereocenters. The molecule has 0 aliphatic heterocycles. The third-order valence-corrected chi connectivity index (χ3v) is 3.89. The van der Waals surface area contributed by atoms with E-state index in [1.807, 2.05) is 4.57 Å². The Hall–Kier alpha value is -2.09. The summed E-state index contributed by atoms with van der Waals surface area (Å²) in [5, 5.41) is 19.6. The van der Waals surface area contributed by atoms with Crippen molar-refractivity contribution in [3.63, 3.8) is 0 Å². The minimum atomic E-state index is -0.433. The molecule has 0 fully saturated rings. The van der Waals surface area contributed by atoms with E-state index >= 15 is 0 Å². The van der Waals surface area contributed by atoms with Crippen LogP contribution in [0.25, 0.3) is 0 Å². The topological polar surface area (TPSA) is 83.1 Å². The van der Waals surface area contributed by atoms with Gasteiger partial charge in [0, 0.05) is 18.4 Å². The lowest BCUT2D eigenvalue weighted by Gasteiger charge is -2.07. The maximum atomic E-state index is 10.7. The molecule has 1 aromatic carbocycles. The Morgan fingerprint density at radius 1 is 1.45 bits per heavy atom. The Bertz CT molecular complexity index is 618. The number of non-ortho nitro benzene ring substituents is 1. The lowest BCUT2D eigenvalue weighted by molar-refractivity contribution is -0.384.